The highest BCUT2D eigenvalue weighted by Gasteiger charge is 2.08. The fourth-order valence-electron chi connectivity index (χ4n) is 1.46. The van der Waals surface area contributed by atoms with Gasteiger partial charge in [0.1, 0.15) is 0 Å². The molecule has 0 aliphatic rings. The Labute approximate surface area is 105 Å². The van der Waals surface area contributed by atoms with Crippen molar-refractivity contribution in [2.45, 2.75) is 6.54 Å². The van der Waals surface area contributed by atoms with Crippen LogP contribution in [-0.2, 0) is 16.6 Å². The van der Waals surface area contributed by atoms with Gasteiger partial charge < -0.3 is 4.57 Å². The summed E-state index contributed by atoms with van der Waals surface area (Å²) in [5.41, 5.74) is 0. The quantitative estimate of drug-likeness (QED) is 0.816. The molecule has 1 N–H and O–H groups in total. The zero-order valence-corrected chi connectivity index (χ0v) is 10.6. The third-order valence-corrected chi connectivity index (χ3v) is 2.93. The third kappa shape index (κ3) is 3.34. The molecule has 0 saturated heterocycles. The zero-order valence-electron chi connectivity index (χ0n) is 9.81. The lowest BCUT2D eigenvalue weighted by Gasteiger charge is -2.06. The van der Waals surface area contributed by atoms with Crippen LogP contribution in [-0.4, -0.2) is 40.7 Å². The third-order valence-electron chi connectivity index (χ3n) is 2.20. The molecular weight excluding hydrogens is 254 g/mol. The Morgan fingerprint density at radius 2 is 1.94 bits per heavy atom. The maximum Gasteiger partial charge on any atom is 0.208 e. The van der Waals surface area contributed by atoms with Gasteiger partial charge in [0.05, 0.1) is 6.26 Å². The molecule has 0 saturated carbocycles. The summed E-state index contributed by atoms with van der Waals surface area (Å²) in [6.07, 6.45) is 7.79. The van der Waals surface area contributed by atoms with Gasteiger partial charge in [-0.25, -0.2) is 28.1 Å². The number of sulfonamides is 1. The van der Waals surface area contributed by atoms with E-state index in [2.05, 4.69) is 19.7 Å². The molecular formula is C10H13N5O2S. The Morgan fingerprint density at radius 3 is 2.61 bits per heavy atom. The van der Waals surface area contributed by atoms with Crippen molar-refractivity contribution in [2.24, 2.45) is 0 Å². The minimum atomic E-state index is -3.17. The van der Waals surface area contributed by atoms with Gasteiger partial charge in [-0.15, -0.1) is 0 Å². The van der Waals surface area contributed by atoms with Crippen molar-refractivity contribution in [1.29, 1.82) is 0 Å². The minimum Gasteiger partial charge on any atom is -0.327 e. The smallest absolute Gasteiger partial charge is 0.208 e. The summed E-state index contributed by atoms with van der Waals surface area (Å²) in [5, 5.41) is 0. The Hall–Kier alpha value is -1.80. The number of nitrogens with one attached hydrogen (secondary N) is 1. The normalized spacial score (nSPS) is 11.6. The summed E-state index contributed by atoms with van der Waals surface area (Å²) in [5.74, 6) is 1.13. The average molecular weight is 267 g/mol. The molecule has 18 heavy (non-hydrogen) atoms. The summed E-state index contributed by atoms with van der Waals surface area (Å²) < 4.78 is 26.1. The highest BCUT2D eigenvalue weighted by molar-refractivity contribution is 7.88. The van der Waals surface area contributed by atoms with E-state index in [1.54, 1.807) is 35.4 Å². The second kappa shape index (κ2) is 5.23. The van der Waals surface area contributed by atoms with E-state index in [-0.39, 0.29) is 0 Å². The number of hydrogen-bond acceptors (Lipinski definition) is 5. The van der Waals surface area contributed by atoms with Gasteiger partial charge in [-0.2, -0.15) is 0 Å². The summed E-state index contributed by atoms with van der Waals surface area (Å²) in [4.78, 5) is 12.4. The molecule has 0 bridgehead atoms. The molecule has 8 heteroatoms. The van der Waals surface area contributed by atoms with Gasteiger partial charge in [0.15, 0.2) is 11.6 Å². The van der Waals surface area contributed by atoms with Gasteiger partial charge in [-0.3, -0.25) is 0 Å². The van der Waals surface area contributed by atoms with E-state index in [1.807, 2.05) is 0 Å². The van der Waals surface area contributed by atoms with E-state index < -0.39 is 10.0 Å². The van der Waals surface area contributed by atoms with Gasteiger partial charge >= 0.3 is 0 Å². The summed E-state index contributed by atoms with van der Waals surface area (Å²) in [6.45, 7) is 0.773. The highest BCUT2D eigenvalue weighted by atomic mass is 32.2. The van der Waals surface area contributed by atoms with Crippen LogP contribution in [0.2, 0.25) is 0 Å². The molecule has 2 aromatic heterocycles. The van der Waals surface area contributed by atoms with E-state index in [0.717, 1.165) is 6.26 Å². The number of rotatable bonds is 5. The first kappa shape index (κ1) is 12.7. The number of nitrogens with zero attached hydrogens (tertiary/aromatic N) is 4. The monoisotopic (exact) mass is 267 g/mol. The van der Waals surface area contributed by atoms with Gasteiger partial charge in [-0.05, 0) is 6.07 Å². The SMILES string of the molecule is CS(=O)(=O)NCCn1ccnc1-c1ncccn1. The van der Waals surface area contributed by atoms with Crippen LogP contribution >= 0.6 is 0 Å². The molecule has 0 fully saturated rings. The lowest BCUT2D eigenvalue weighted by Crippen LogP contribution is -2.26. The predicted molar refractivity (Wildman–Crippen MR) is 66.1 cm³/mol. The lowest BCUT2D eigenvalue weighted by atomic mass is 10.5. The van der Waals surface area contributed by atoms with Crippen LogP contribution in [0.3, 0.4) is 0 Å². The molecule has 0 atom stereocenters. The van der Waals surface area contributed by atoms with Crippen LogP contribution < -0.4 is 4.72 Å². The van der Waals surface area contributed by atoms with E-state index >= 15 is 0 Å². The summed E-state index contributed by atoms with van der Waals surface area (Å²) >= 11 is 0. The van der Waals surface area contributed by atoms with E-state index in [9.17, 15) is 8.42 Å². The van der Waals surface area contributed by atoms with E-state index in [1.165, 1.54) is 0 Å². The molecule has 2 rings (SSSR count). The zero-order chi connectivity index (χ0) is 13.0. The topological polar surface area (TPSA) is 89.8 Å². The highest BCUT2D eigenvalue weighted by Crippen LogP contribution is 2.10. The maximum atomic E-state index is 11.0. The van der Waals surface area contributed by atoms with Crippen LogP contribution in [0.4, 0.5) is 0 Å². The Balaban J connectivity index is 2.09. The maximum absolute atomic E-state index is 11.0. The van der Waals surface area contributed by atoms with Gasteiger partial charge in [0.2, 0.25) is 10.0 Å². The minimum absolute atomic E-state index is 0.301. The molecule has 2 aromatic rings. The molecule has 2 heterocycles. The molecule has 0 aliphatic carbocycles. The second-order valence-electron chi connectivity index (χ2n) is 3.68. The summed E-state index contributed by atoms with van der Waals surface area (Å²) in [6, 6.07) is 1.72. The van der Waals surface area contributed by atoms with Crippen molar-refractivity contribution in [3.05, 3.63) is 30.9 Å². The number of imidazole rings is 1. The molecule has 0 radical (unpaired) electrons. The Kier molecular flexibility index (Phi) is 3.68. The van der Waals surface area contributed by atoms with Crippen molar-refractivity contribution in [2.75, 3.05) is 12.8 Å². The van der Waals surface area contributed by atoms with Crippen LogP contribution in [0, 0.1) is 0 Å². The standard InChI is InChI=1S/C10H13N5O2S/c1-18(16,17)14-6-8-15-7-5-13-10(15)9-11-3-2-4-12-9/h2-5,7,14H,6,8H2,1H3. The first-order valence-corrected chi connectivity index (χ1v) is 7.18. The molecule has 0 spiro atoms. The van der Waals surface area contributed by atoms with Gasteiger partial charge in [0, 0.05) is 37.9 Å². The number of hydrogen-bond donors (Lipinski definition) is 1. The molecule has 7 nitrogen and oxygen atoms in total. The average Bonchev–Trinajstić information content (AvgIpc) is 2.77. The van der Waals surface area contributed by atoms with Crippen LogP contribution in [0.15, 0.2) is 30.9 Å². The van der Waals surface area contributed by atoms with Crippen LogP contribution in [0.5, 0.6) is 0 Å². The molecule has 0 aromatic carbocycles. The van der Waals surface area contributed by atoms with E-state index in [0.29, 0.717) is 24.7 Å². The predicted octanol–water partition coefficient (Wildman–Crippen LogP) is -0.111. The first-order valence-electron chi connectivity index (χ1n) is 5.29. The van der Waals surface area contributed by atoms with Crippen molar-refractivity contribution < 1.29 is 8.42 Å². The summed E-state index contributed by atoms with van der Waals surface area (Å²) in [7, 11) is -3.17. The molecule has 0 amide bonds. The van der Waals surface area contributed by atoms with Gasteiger partial charge in [0.25, 0.3) is 0 Å². The Bertz CT molecular complexity index is 608. The van der Waals surface area contributed by atoms with E-state index in [4.69, 9.17) is 0 Å². The molecule has 0 aliphatic heterocycles. The first-order chi connectivity index (χ1) is 8.56. The fraction of sp³-hybridized carbons (Fsp3) is 0.300. The lowest BCUT2D eigenvalue weighted by molar-refractivity contribution is 0.579. The number of aromatic nitrogens is 4. The van der Waals surface area contributed by atoms with Crippen molar-refractivity contribution in [1.82, 2.24) is 24.2 Å². The van der Waals surface area contributed by atoms with Crippen molar-refractivity contribution in [3.8, 4) is 11.6 Å². The molecule has 96 valence electrons. The van der Waals surface area contributed by atoms with Crippen LogP contribution in [0.1, 0.15) is 0 Å². The van der Waals surface area contributed by atoms with Gasteiger partial charge in [-0.1, -0.05) is 0 Å². The largest absolute Gasteiger partial charge is 0.327 e. The molecule has 0 unspecified atom stereocenters. The second-order valence-corrected chi connectivity index (χ2v) is 5.52. The van der Waals surface area contributed by atoms with Crippen LogP contribution in [0.25, 0.3) is 11.6 Å². The fourth-order valence-corrected chi connectivity index (χ4v) is 1.92. The van der Waals surface area contributed by atoms with Crippen molar-refractivity contribution >= 4 is 10.0 Å². The van der Waals surface area contributed by atoms with Crippen molar-refractivity contribution in [3.63, 3.8) is 0 Å². The Morgan fingerprint density at radius 1 is 1.22 bits per heavy atom.